The third-order valence-corrected chi connectivity index (χ3v) is 5.23. The number of nitrogens with zero attached hydrogens (tertiary/aromatic N) is 1. The molecule has 1 aromatic carbocycles. The van der Waals surface area contributed by atoms with Crippen molar-refractivity contribution in [3.8, 4) is 0 Å². The summed E-state index contributed by atoms with van der Waals surface area (Å²) in [6.07, 6.45) is 5.00. The number of rotatable bonds is 2. The van der Waals surface area contributed by atoms with E-state index in [0.717, 1.165) is 23.4 Å². The highest BCUT2D eigenvalue weighted by Crippen LogP contribution is 2.39. The number of H-pyrrole nitrogens is 1. The fraction of sp³-hybridized carbons (Fsp3) is 0.471. The van der Waals surface area contributed by atoms with Crippen molar-refractivity contribution in [1.29, 1.82) is 0 Å². The molecule has 0 bridgehead atoms. The molecule has 1 aliphatic heterocycles. The zero-order chi connectivity index (χ0) is 15.3. The maximum absolute atomic E-state index is 12.2. The number of aromatic amines is 1. The average molecular weight is 319 g/mol. The Bertz CT molecular complexity index is 727. The molecule has 2 aromatic rings. The van der Waals surface area contributed by atoms with E-state index in [9.17, 15) is 9.90 Å². The number of carbonyl (C=O) groups is 1. The summed E-state index contributed by atoms with van der Waals surface area (Å²) in [7, 11) is 0. The lowest BCUT2D eigenvalue weighted by Gasteiger charge is -2.33. The van der Waals surface area contributed by atoms with Gasteiger partial charge in [0.1, 0.15) is 5.60 Å². The van der Waals surface area contributed by atoms with Crippen LogP contribution in [0, 0.1) is 0 Å². The van der Waals surface area contributed by atoms with E-state index < -0.39 is 5.60 Å². The molecule has 5 heteroatoms. The summed E-state index contributed by atoms with van der Waals surface area (Å²) in [5.41, 5.74) is 1.28. The minimum Gasteiger partial charge on any atom is -0.380 e. The van der Waals surface area contributed by atoms with E-state index in [1.54, 1.807) is 0 Å². The number of hydrogen-bond donors (Lipinski definition) is 2. The SMILES string of the molecule is O=C(N1CCC(c2cc(Cl)cc3[nH]ccc23)CC1)C1(O)CC1. The summed E-state index contributed by atoms with van der Waals surface area (Å²) in [6, 6.07) is 6.08. The highest BCUT2D eigenvalue weighted by molar-refractivity contribution is 6.31. The third kappa shape index (κ3) is 2.31. The first kappa shape index (κ1) is 14.1. The van der Waals surface area contributed by atoms with Crippen molar-refractivity contribution >= 4 is 28.4 Å². The molecule has 1 saturated carbocycles. The second-order valence-corrected chi connectivity index (χ2v) is 6.97. The number of likely N-dealkylation sites (tertiary alicyclic amines) is 1. The van der Waals surface area contributed by atoms with Crippen LogP contribution in [-0.4, -0.2) is 39.6 Å². The molecule has 1 aromatic heterocycles. The quantitative estimate of drug-likeness (QED) is 0.894. The van der Waals surface area contributed by atoms with E-state index in [0.29, 0.717) is 31.8 Å². The van der Waals surface area contributed by atoms with Gasteiger partial charge in [0.05, 0.1) is 0 Å². The van der Waals surface area contributed by atoms with Crippen LogP contribution in [0.5, 0.6) is 0 Å². The number of fused-ring (bicyclic) bond motifs is 1. The number of aliphatic hydroxyl groups is 1. The topological polar surface area (TPSA) is 56.3 Å². The van der Waals surface area contributed by atoms with Crippen molar-refractivity contribution in [2.75, 3.05) is 13.1 Å². The zero-order valence-electron chi connectivity index (χ0n) is 12.3. The van der Waals surface area contributed by atoms with Crippen molar-refractivity contribution in [3.05, 3.63) is 35.0 Å². The second-order valence-electron chi connectivity index (χ2n) is 6.53. The Kier molecular flexibility index (Phi) is 3.20. The standard InChI is InChI=1S/C17H19ClN2O2/c18-12-9-14(13-1-6-19-15(13)10-12)11-2-7-20(8-3-11)16(21)17(22)4-5-17/h1,6,9-11,19,22H,2-5,7-8H2. The maximum Gasteiger partial charge on any atom is 0.254 e. The van der Waals surface area contributed by atoms with Crippen LogP contribution in [-0.2, 0) is 4.79 Å². The van der Waals surface area contributed by atoms with Crippen LogP contribution in [0.3, 0.4) is 0 Å². The van der Waals surface area contributed by atoms with E-state index in [1.165, 1.54) is 10.9 Å². The first-order chi connectivity index (χ1) is 10.6. The first-order valence-corrected chi connectivity index (χ1v) is 8.23. The van der Waals surface area contributed by atoms with Crippen LogP contribution in [0.1, 0.15) is 37.2 Å². The average Bonchev–Trinajstić information content (AvgIpc) is 3.10. The molecule has 1 amide bonds. The van der Waals surface area contributed by atoms with Crippen LogP contribution in [0.2, 0.25) is 5.02 Å². The minimum absolute atomic E-state index is 0.0798. The molecule has 0 unspecified atom stereocenters. The summed E-state index contributed by atoms with van der Waals surface area (Å²) in [6.45, 7) is 1.43. The Hall–Kier alpha value is -1.52. The van der Waals surface area contributed by atoms with E-state index in [-0.39, 0.29) is 5.91 Å². The third-order valence-electron chi connectivity index (χ3n) is 5.01. The number of piperidine rings is 1. The first-order valence-electron chi connectivity index (χ1n) is 7.85. The molecular formula is C17H19ClN2O2. The second kappa shape index (κ2) is 5.00. The van der Waals surface area contributed by atoms with Crippen LogP contribution in [0.25, 0.3) is 10.9 Å². The normalized spacial score (nSPS) is 21.3. The van der Waals surface area contributed by atoms with Gasteiger partial charge in [0.2, 0.25) is 0 Å². The predicted molar refractivity (Wildman–Crippen MR) is 86.0 cm³/mol. The van der Waals surface area contributed by atoms with Gasteiger partial charge in [-0.3, -0.25) is 4.79 Å². The number of carbonyl (C=O) groups excluding carboxylic acids is 1. The van der Waals surface area contributed by atoms with Gasteiger partial charge in [-0.2, -0.15) is 0 Å². The van der Waals surface area contributed by atoms with Crippen LogP contribution < -0.4 is 0 Å². The van der Waals surface area contributed by atoms with E-state index in [4.69, 9.17) is 11.6 Å². The molecule has 2 fully saturated rings. The molecule has 0 spiro atoms. The Balaban J connectivity index is 1.53. The number of hydrogen-bond acceptors (Lipinski definition) is 2. The molecule has 116 valence electrons. The van der Waals surface area contributed by atoms with Crippen LogP contribution in [0.4, 0.5) is 0 Å². The molecule has 22 heavy (non-hydrogen) atoms. The van der Waals surface area contributed by atoms with Gasteiger partial charge < -0.3 is 15.0 Å². The van der Waals surface area contributed by atoms with Crippen molar-refractivity contribution in [3.63, 3.8) is 0 Å². The van der Waals surface area contributed by atoms with Gasteiger partial charge in [0, 0.05) is 35.2 Å². The number of halogens is 1. The minimum atomic E-state index is -1.04. The number of aromatic nitrogens is 1. The summed E-state index contributed by atoms with van der Waals surface area (Å²) in [4.78, 5) is 17.2. The summed E-state index contributed by atoms with van der Waals surface area (Å²) < 4.78 is 0. The molecule has 4 rings (SSSR count). The molecule has 2 heterocycles. The van der Waals surface area contributed by atoms with Crippen molar-refractivity contribution in [2.24, 2.45) is 0 Å². The van der Waals surface area contributed by atoms with E-state index in [2.05, 4.69) is 11.1 Å². The number of nitrogens with one attached hydrogen (secondary N) is 1. The highest BCUT2D eigenvalue weighted by atomic mass is 35.5. The van der Waals surface area contributed by atoms with Crippen molar-refractivity contribution in [2.45, 2.75) is 37.2 Å². The van der Waals surface area contributed by atoms with Crippen molar-refractivity contribution in [1.82, 2.24) is 9.88 Å². The molecule has 4 nitrogen and oxygen atoms in total. The molecule has 2 aliphatic rings. The van der Waals surface area contributed by atoms with Crippen molar-refractivity contribution < 1.29 is 9.90 Å². The largest absolute Gasteiger partial charge is 0.380 e. The Labute approximate surface area is 134 Å². The Morgan fingerprint density at radius 3 is 2.73 bits per heavy atom. The lowest BCUT2D eigenvalue weighted by molar-refractivity contribution is -0.143. The van der Waals surface area contributed by atoms with Gasteiger partial charge in [0.25, 0.3) is 5.91 Å². The fourth-order valence-corrected chi connectivity index (χ4v) is 3.74. The van der Waals surface area contributed by atoms with Gasteiger partial charge in [-0.15, -0.1) is 0 Å². The van der Waals surface area contributed by atoms with Gasteiger partial charge in [-0.05, 0) is 55.4 Å². The number of benzene rings is 1. The smallest absolute Gasteiger partial charge is 0.254 e. The molecule has 1 aliphatic carbocycles. The summed E-state index contributed by atoms with van der Waals surface area (Å²) in [5, 5.41) is 11.9. The lowest BCUT2D eigenvalue weighted by Crippen LogP contribution is -2.44. The summed E-state index contributed by atoms with van der Waals surface area (Å²) in [5.74, 6) is 0.332. The summed E-state index contributed by atoms with van der Waals surface area (Å²) >= 11 is 6.23. The van der Waals surface area contributed by atoms with Gasteiger partial charge >= 0.3 is 0 Å². The van der Waals surface area contributed by atoms with Gasteiger partial charge in [0.15, 0.2) is 0 Å². The molecule has 2 N–H and O–H groups in total. The molecule has 0 radical (unpaired) electrons. The molecule has 1 saturated heterocycles. The monoisotopic (exact) mass is 318 g/mol. The number of amides is 1. The lowest BCUT2D eigenvalue weighted by atomic mass is 9.87. The highest BCUT2D eigenvalue weighted by Gasteiger charge is 2.50. The van der Waals surface area contributed by atoms with Gasteiger partial charge in [-0.1, -0.05) is 11.6 Å². The molecule has 0 atom stereocenters. The predicted octanol–water partition coefficient (Wildman–Crippen LogP) is 3.05. The fourth-order valence-electron chi connectivity index (χ4n) is 3.52. The Morgan fingerprint density at radius 1 is 1.32 bits per heavy atom. The van der Waals surface area contributed by atoms with Crippen LogP contribution in [0.15, 0.2) is 24.4 Å². The Morgan fingerprint density at radius 2 is 2.05 bits per heavy atom. The van der Waals surface area contributed by atoms with E-state index >= 15 is 0 Å². The van der Waals surface area contributed by atoms with Gasteiger partial charge in [-0.25, -0.2) is 0 Å². The maximum atomic E-state index is 12.2. The van der Waals surface area contributed by atoms with Crippen LogP contribution >= 0.6 is 11.6 Å². The zero-order valence-corrected chi connectivity index (χ0v) is 13.1. The van der Waals surface area contributed by atoms with E-state index in [1.807, 2.05) is 23.2 Å². The molecular weight excluding hydrogens is 300 g/mol.